The molecule has 5 nitrogen and oxygen atoms in total. The van der Waals surface area contributed by atoms with Crippen molar-refractivity contribution < 1.29 is 19.0 Å². The molecule has 0 saturated heterocycles. The summed E-state index contributed by atoms with van der Waals surface area (Å²) in [6, 6.07) is 5.85. The van der Waals surface area contributed by atoms with Crippen LogP contribution in [-0.2, 0) is 17.7 Å². The topological polar surface area (TPSA) is 49.7 Å². The van der Waals surface area contributed by atoms with Crippen molar-refractivity contribution in [1.29, 1.82) is 0 Å². The van der Waals surface area contributed by atoms with E-state index in [1.807, 2.05) is 24.4 Å². The van der Waals surface area contributed by atoms with Gasteiger partial charge in [-0.25, -0.2) is 4.79 Å². The fraction of sp³-hybridized carbons (Fsp3) is 0.353. The van der Waals surface area contributed by atoms with Crippen LogP contribution in [0, 0.1) is 0 Å². The second-order valence-electron chi connectivity index (χ2n) is 5.14. The minimum Gasteiger partial charge on any atom is -0.493 e. The zero-order chi connectivity index (χ0) is 15.7. The number of hydrogen-bond donors (Lipinski definition) is 0. The number of methoxy groups -OCH3 is 2. The van der Waals surface area contributed by atoms with E-state index in [2.05, 4.69) is 4.57 Å². The molecule has 2 aromatic rings. The summed E-state index contributed by atoms with van der Waals surface area (Å²) in [7, 11) is 3.25. The number of benzene rings is 1. The van der Waals surface area contributed by atoms with Gasteiger partial charge in [0.05, 0.1) is 26.4 Å². The summed E-state index contributed by atoms with van der Waals surface area (Å²) in [5, 5.41) is 0. The van der Waals surface area contributed by atoms with Crippen molar-refractivity contribution in [3.63, 3.8) is 0 Å². The highest BCUT2D eigenvalue weighted by Crippen LogP contribution is 2.39. The maximum Gasteiger partial charge on any atom is 0.339 e. The second kappa shape index (κ2) is 5.75. The molecule has 0 aliphatic carbocycles. The van der Waals surface area contributed by atoms with Crippen LogP contribution < -0.4 is 9.47 Å². The summed E-state index contributed by atoms with van der Waals surface area (Å²) in [6.45, 7) is 3.01. The van der Waals surface area contributed by atoms with E-state index < -0.39 is 0 Å². The number of nitrogens with zero attached hydrogens (tertiary/aromatic N) is 1. The molecular weight excluding hydrogens is 282 g/mol. The molecule has 0 radical (unpaired) electrons. The Kier molecular flexibility index (Phi) is 3.79. The summed E-state index contributed by atoms with van der Waals surface area (Å²) < 4.78 is 17.9. The number of fused-ring (bicyclic) bond motifs is 3. The fourth-order valence-corrected chi connectivity index (χ4v) is 2.86. The van der Waals surface area contributed by atoms with Gasteiger partial charge in [0.2, 0.25) is 0 Å². The van der Waals surface area contributed by atoms with E-state index in [1.54, 1.807) is 21.1 Å². The van der Waals surface area contributed by atoms with E-state index in [1.165, 1.54) is 5.56 Å². The third-order valence-electron chi connectivity index (χ3n) is 3.92. The molecule has 0 saturated carbocycles. The highest BCUT2D eigenvalue weighted by atomic mass is 16.5. The highest BCUT2D eigenvalue weighted by molar-refractivity contribution is 5.91. The van der Waals surface area contributed by atoms with Gasteiger partial charge in [-0.15, -0.1) is 0 Å². The fourth-order valence-electron chi connectivity index (χ4n) is 2.86. The van der Waals surface area contributed by atoms with Gasteiger partial charge in [-0.2, -0.15) is 0 Å². The van der Waals surface area contributed by atoms with E-state index in [0.717, 1.165) is 30.0 Å². The zero-order valence-electron chi connectivity index (χ0n) is 13.0. The molecule has 116 valence electrons. The van der Waals surface area contributed by atoms with E-state index in [-0.39, 0.29) is 5.97 Å². The van der Waals surface area contributed by atoms with Crippen molar-refractivity contribution in [2.24, 2.45) is 0 Å². The predicted octanol–water partition coefficient (Wildman–Crippen LogP) is 2.91. The van der Waals surface area contributed by atoms with Crippen LogP contribution in [0.3, 0.4) is 0 Å². The van der Waals surface area contributed by atoms with Crippen molar-refractivity contribution in [3.05, 3.63) is 35.5 Å². The van der Waals surface area contributed by atoms with Gasteiger partial charge in [-0.05, 0) is 37.1 Å². The van der Waals surface area contributed by atoms with Crippen molar-refractivity contribution in [2.75, 3.05) is 20.8 Å². The number of carbonyl (C=O) groups is 1. The summed E-state index contributed by atoms with van der Waals surface area (Å²) in [4.78, 5) is 11.9. The molecule has 0 spiro atoms. The first-order valence-electron chi connectivity index (χ1n) is 7.30. The summed E-state index contributed by atoms with van der Waals surface area (Å²) in [5.74, 6) is 1.13. The smallest absolute Gasteiger partial charge is 0.339 e. The van der Waals surface area contributed by atoms with Crippen LogP contribution in [0.1, 0.15) is 22.8 Å². The van der Waals surface area contributed by atoms with Crippen LogP contribution in [0.25, 0.3) is 11.3 Å². The lowest BCUT2D eigenvalue weighted by Gasteiger charge is -2.21. The normalized spacial score (nSPS) is 12.3. The summed E-state index contributed by atoms with van der Waals surface area (Å²) >= 11 is 0. The average Bonchev–Trinajstić information content (AvgIpc) is 2.98. The maximum absolute atomic E-state index is 11.9. The number of esters is 1. The average molecular weight is 301 g/mol. The Morgan fingerprint density at radius 3 is 2.59 bits per heavy atom. The quantitative estimate of drug-likeness (QED) is 0.815. The molecule has 1 aromatic heterocycles. The Bertz CT molecular complexity index is 718. The predicted molar refractivity (Wildman–Crippen MR) is 82.6 cm³/mol. The van der Waals surface area contributed by atoms with Gasteiger partial charge in [0.25, 0.3) is 0 Å². The van der Waals surface area contributed by atoms with Crippen LogP contribution in [0.15, 0.2) is 24.4 Å². The molecule has 0 N–H and O–H groups in total. The van der Waals surface area contributed by atoms with E-state index >= 15 is 0 Å². The van der Waals surface area contributed by atoms with Crippen molar-refractivity contribution in [3.8, 4) is 22.8 Å². The molecule has 0 atom stereocenters. The molecular formula is C17H19NO4. The van der Waals surface area contributed by atoms with Crippen LogP contribution in [0.4, 0.5) is 0 Å². The number of hydrogen-bond acceptors (Lipinski definition) is 4. The molecule has 5 heteroatoms. The van der Waals surface area contributed by atoms with Gasteiger partial charge in [-0.1, -0.05) is 0 Å². The largest absolute Gasteiger partial charge is 0.493 e. The standard InChI is InChI=1S/C17H19NO4/c1-4-22-17(19)12-7-14-13-9-16(21-3)15(20-2)8-11(13)5-6-18(14)10-12/h7-10H,4-6H2,1-3H3. The first-order chi connectivity index (χ1) is 10.7. The molecule has 1 aliphatic heterocycles. The van der Waals surface area contributed by atoms with Gasteiger partial charge >= 0.3 is 5.97 Å². The number of aromatic nitrogens is 1. The van der Waals surface area contributed by atoms with Gasteiger partial charge in [0, 0.05) is 24.0 Å². The van der Waals surface area contributed by atoms with Crippen molar-refractivity contribution in [2.45, 2.75) is 19.9 Å². The molecule has 0 unspecified atom stereocenters. The number of ether oxygens (including phenoxy) is 3. The lowest BCUT2D eigenvalue weighted by atomic mass is 9.97. The first kappa shape index (κ1) is 14.5. The molecule has 0 fully saturated rings. The van der Waals surface area contributed by atoms with Crippen LogP contribution in [0.2, 0.25) is 0 Å². The van der Waals surface area contributed by atoms with Gasteiger partial charge in [0.1, 0.15) is 0 Å². The second-order valence-corrected chi connectivity index (χ2v) is 5.14. The minimum atomic E-state index is -0.286. The SMILES string of the molecule is CCOC(=O)c1cc2n(c1)CCc1cc(OC)c(OC)cc1-2. The Morgan fingerprint density at radius 1 is 1.18 bits per heavy atom. The Morgan fingerprint density at radius 2 is 1.91 bits per heavy atom. The molecule has 0 amide bonds. The minimum absolute atomic E-state index is 0.286. The van der Waals surface area contributed by atoms with E-state index in [4.69, 9.17) is 14.2 Å². The lowest BCUT2D eigenvalue weighted by molar-refractivity contribution is 0.0526. The maximum atomic E-state index is 11.9. The molecule has 1 aromatic carbocycles. The summed E-state index contributed by atoms with van der Waals surface area (Å²) in [6.07, 6.45) is 2.74. The first-order valence-corrected chi connectivity index (χ1v) is 7.30. The Hall–Kier alpha value is -2.43. The van der Waals surface area contributed by atoms with Gasteiger partial charge < -0.3 is 18.8 Å². The Labute approximate surface area is 129 Å². The lowest BCUT2D eigenvalue weighted by Crippen LogP contribution is -2.10. The number of carbonyl (C=O) groups excluding carboxylic acids is 1. The van der Waals surface area contributed by atoms with Gasteiger partial charge in [0.15, 0.2) is 11.5 Å². The van der Waals surface area contributed by atoms with Crippen molar-refractivity contribution >= 4 is 5.97 Å². The van der Waals surface area contributed by atoms with E-state index in [0.29, 0.717) is 17.9 Å². The monoisotopic (exact) mass is 301 g/mol. The highest BCUT2D eigenvalue weighted by Gasteiger charge is 2.22. The molecule has 1 aliphatic rings. The zero-order valence-corrected chi connectivity index (χ0v) is 13.0. The van der Waals surface area contributed by atoms with E-state index in [9.17, 15) is 4.79 Å². The molecule has 2 heterocycles. The Balaban J connectivity index is 2.07. The summed E-state index contributed by atoms with van der Waals surface area (Å²) in [5.41, 5.74) is 3.85. The third kappa shape index (κ3) is 2.32. The molecule has 22 heavy (non-hydrogen) atoms. The van der Waals surface area contributed by atoms with Gasteiger partial charge in [-0.3, -0.25) is 0 Å². The van der Waals surface area contributed by atoms with Crippen LogP contribution in [-0.4, -0.2) is 31.4 Å². The van der Waals surface area contributed by atoms with Crippen molar-refractivity contribution in [1.82, 2.24) is 4.57 Å². The molecule has 0 bridgehead atoms. The van der Waals surface area contributed by atoms with Crippen LogP contribution >= 0.6 is 0 Å². The van der Waals surface area contributed by atoms with Crippen LogP contribution in [0.5, 0.6) is 11.5 Å². The number of aryl methyl sites for hydroxylation is 2. The third-order valence-corrected chi connectivity index (χ3v) is 3.92. The molecule has 3 rings (SSSR count). The number of rotatable bonds is 4.